The van der Waals surface area contributed by atoms with Gasteiger partial charge in [0.25, 0.3) is 5.91 Å². The largest absolute Gasteiger partial charge is 0.384 e. The predicted octanol–water partition coefficient (Wildman–Crippen LogP) is 1.31. The molecule has 0 aliphatic carbocycles. The topological polar surface area (TPSA) is 77.2 Å². The number of aromatic nitrogens is 1. The van der Waals surface area contributed by atoms with Gasteiger partial charge in [0.05, 0.1) is 12.6 Å². The SMILES string of the molecule is CC(C)c1cc(C(=O)NC2CCOC2)cc(N)n1. The second-order valence-corrected chi connectivity index (χ2v) is 4.89. The number of ether oxygens (including phenoxy) is 1. The highest BCUT2D eigenvalue weighted by molar-refractivity contribution is 5.95. The van der Waals surface area contributed by atoms with Gasteiger partial charge in [0.1, 0.15) is 5.82 Å². The summed E-state index contributed by atoms with van der Waals surface area (Å²) in [5, 5.41) is 2.94. The molecule has 1 atom stereocenters. The first-order valence-electron chi connectivity index (χ1n) is 6.22. The molecule has 2 rings (SSSR count). The number of hydrogen-bond acceptors (Lipinski definition) is 4. The number of nitrogen functional groups attached to an aromatic ring is 1. The number of rotatable bonds is 3. The van der Waals surface area contributed by atoms with E-state index in [2.05, 4.69) is 10.3 Å². The number of nitrogens with one attached hydrogen (secondary N) is 1. The van der Waals surface area contributed by atoms with Gasteiger partial charge < -0.3 is 15.8 Å². The van der Waals surface area contributed by atoms with Crippen LogP contribution < -0.4 is 11.1 Å². The standard InChI is InChI=1S/C13H19N3O2/c1-8(2)11-5-9(6-12(14)16-11)13(17)15-10-3-4-18-7-10/h5-6,8,10H,3-4,7H2,1-2H3,(H2,14,16)(H,15,17). The van der Waals surface area contributed by atoms with Crippen molar-refractivity contribution in [3.8, 4) is 0 Å². The first kappa shape index (κ1) is 12.8. The lowest BCUT2D eigenvalue weighted by Crippen LogP contribution is -2.35. The smallest absolute Gasteiger partial charge is 0.251 e. The molecular formula is C13H19N3O2. The van der Waals surface area contributed by atoms with E-state index in [-0.39, 0.29) is 17.9 Å². The molecule has 1 fully saturated rings. The number of pyridine rings is 1. The molecule has 5 nitrogen and oxygen atoms in total. The predicted molar refractivity (Wildman–Crippen MR) is 69.4 cm³/mol. The van der Waals surface area contributed by atoms with Crippen molar-refractivity contribution >= 4 is 11.7 Å². The molecule has 1 aliphatic heterocycles. The van der Waals surface area contributed by atoms with Gasteiger partial charge in [-0.05, 0) is 24.5 Å². The van der Waals surface area contributed by atoms with Crippen LogP contribution >= 0.6 is 0 Å². The van der Waals surface area contributed by atoms with Crippen molar-refractivity contribution in [2.75, 3.05) is 18.9 Å². The van der Waals surface area contributed by atoms with Gasteiger partial charge in [-0.2, -0.15) is 0 Å². The van der Waals surface area contributed by atoms with Crippen LogP contribution in [0.1, 0.15) is 42.2 Å². The molecule has 1 aromatic rings. The number of hydrogen-bond donors (Lipinski definition) is 2. The number of nitrogens with two attached hydrogens (primary N) is 1. The molecule has 5 heteroatoms. The quantitative estimate of drug-likeness (QED) is 0.846. The first-order chi connectivity index (χ1) is 8.56. The Morgan fingerprint density at radius 3 is 2.94 bits per heavy atom. The fourth-order valence-corrected chi connectivity index (χ4v) is 1.92. The third-order valence-corrected chi connectivity index (χ3v) is 2.98. The van der Waals surface area contributed by atoms with E-state index >= 15 is 0 Å². The van der Waals surface area contributed by atoms with E-state index in [4.69, 9.17) is 10.5 Å². The van der Waals surface area contributed by atoms with Gasteiger partial charge in [-0.3, -0.25) is 4.79 Å². The summed E-state index contributed by atoms with van der Waals surface area (Å²) in [5.41, 5.74) is 7.13. The Balaban J connectivity index is 2.13. The second-order valence-electron chi connectivity index (χ2n) is 4.89. The van der Waals surface area contributed by atoms with Crippen molar-refractivity contribution in [2.45, 2.75) is 32.2 Å². The molecule has 0 bridgehead atoms. The average Bonchev–Trinajstić information content (AvgIpc) is 2.80. The van der Waals surface area contributed by atoms with Crippen LogP contribution in [0.3, 0.4) is 0 Å². The minimum atomic E-state index is -0.110. The van der Waals surface area contributed by atoms with E-state index in [1.54, 1.807) is 12.1 Å². The maximum atomic E-state index is 12.1. The summed E-state index contributed by atoms with van der Waals surface area (Å²) in [6.07, 6.45) is 0.864. The highest BCUT2D eigenvalue weighted by Crippen LogP contribution is 2.16. The second kappa shape index (κ2) is 5.35. The van der Waals surface area contributed by atoms with E-state index in [1.165, 1.54) is 0 Å². The summed E-state index contributed by atoms with van der Waals surface area (Å²) in [6, 6.07) is 3.51. The average molecular weight is 249 g/mol. The first-order valence-corrected chi connectivity index (χ1v) is 6.22. The summed E-state index contributed by atoms with van der Waals surface area (Å²) >= 11 is 0. The van der Waals surface area contributed by atoms with E-state index in [0.29, 0.717) is 24.6 Å². The van der Waals surface area contributed by atoms with Crippen LogP contribution in [0, 0.1) is 0 Å². The van der Waals surface area contributed by atoms with Gasteiger partial charge in [0, 0.05) is 17.9 Å². The number of carbonyl (C=O) groups is 1. The molecule has 0 aromatic carbocycles. The molecule has 0 saturated carbocycles. The lowest BCUT2D eigenvalue weighted by atomic mass is 10.1. The number of nitrogens with zero attached hydrogens (tertiary/aromatic N) is 1. The van der Waals surface area contributed by atoms with Crippen LogP contribution in [0.15, 0.2) is 12.1 Å². The Labute approximate surface area is 107 Å². The molecule has 1 aliphatic rings. The summed E-state index contributed by atoms with van der Waals surface area (Å²) in [6.45, 7) is 5.34. The van der Waals surface area contributed by atoms with Gasteiger partial charge in [-0.15, -0.1) is 0 Å². The van der Waals surface area contributed by atoms with E-state index in [0.717, 1.165) is 12.1 Å². The van der Waals surface area contributed by atoms with Crippen molar-refractivity contribution in [2.24, 2.45) is 0 Å². The Morgan fingerprint density at radius 1 is 1.56 bits per heavy atom. The highest BCUT2D eigenvalue weighted by atomic mass is 16.5. The molecule has 0 spiro atoms. The van der Waals surface area contributed by atoms with E-state index in [9.17, 15) is 4.79 Å². The Morgan fingerprint density at radius 2 is 2.33 bits per heavy atom. The summed E-state index contributed by atoms with van der Waals surface area (Å²) < 4.78 is 5.23. The molecule has 1 unspecified atom stereocenters. The molecule has 98 valence electrons. The number of carbonyl (C=O) groups excluding carboxylic acids is 1. The van der Waals surface area contributed by atoms with Crippen molar-refractivity contribution in [3.05, 3.63) is 23.4 Å². The third-order valence-electron chi connectivity index (χ3n) is 2.98. The van der Waals surface area contributed by atoms with Gasteiger partial charge >= 0.3 is 0 Å². The van der Waals surface area contributed by atoms with Gasteiger partial charge in [-0.25, -0.2) is 4.98 Å². The minimum Gasteiger partial charge on any atom is -0.384 e. The third kappa shape index (κ3) is 2.98. The normalized spacial score (nSPS) is 19.2. The maximum absolute atomic E-state index is 12.1. The van der Waals surface area contributed by atoms with Gasteiger partial charge in [0.2, 0.25) is 0 Å². The molecular weight excluding hydrogens is 230 g/mol. The van der Waals surface area contributed by atoms with Crippen LogP contribution in [0.2, 0.25) is 0 Å². The zero-order valence-corrected chi connectivity index (χ0v) is 10.8. The fourth-order valence-electron chi connectivity index (χ4n) is 1.92. The Kier molecular flexibility index (Phi) is 3.81. The van der Waals surface area contributed by atoms with Crippen LogP contribution in [-0.2, 0) is 4.74 Å². The number of amides is 1. The van der Waals surface area contributed by atoms with Crippen molar-refractivity contribution in [1.29, 1.82) is 0 Å². The minimum absolute atomic E-state index is 0.106. The van der Waals surface area contributed by atoms with Crippen molar-refractivity contribution in [1.82, 2.24) is 10.3 Å². The molecule has 0 radical (unpaired) electrons. The monoisotopic (exact) mass is 249 g/mol. The van der Waals surface area contributed by atoms with Gasteiger partial charge in [0.15, 0.2) is 0 Å². The lowest BCUT2D eigenvalue weighted by Gasteiger charge is -2.12. The molecule has 1 saturated heterocycles. The van der Waals surface area contributed by atoms with Crippen LogP contribution in [0.4, 0.5) is 5.82 Å². The Bertz CT molecular complexity index is 440. The van der Waals surface area contributed by atoms with Crippen LogP contribution in [0.5, 0.6) is 0 Å². The molecule has 1 aromatic heterocycles. The highest BCUT2D eigenvalue weighted by Gasteiger charge is 2.19. The Hall–Kier alpha value is -1.62. The summed E-state index contributed by atoms with van der Waals surface area (Å²) in [4.78, 5) is 16.3. The molecule has 1 amide bonds. The zero-order valence-electron chi connectivity index (χ0n) is 10.8. The van der Waals surface area contributed by atoms with Crippen LogP contribution in [0.25, 0.3) is 0 Å². The van der Waals surface area contributed by atoms with Gasteiger partial charge in [-0.1, -0.05) is 13.8 Å². The van der Waals surface area contributed by atoms with E-state index in [1.807, 2.05) is 13.8 Å². The van der Waals surface area contributed by atoms with Crippen molar-refractivity contribution < 1.29 is 9.53 Å². The molecule has 2 heterocycles. The lowest BCUT2D eigenvalue weighted by molar-refractivity contribution is 0.0929. The number of anilines is 1. The summed E-state index contributed by atoms with van der Waals surface area (Å²) in [7, 11) is 0. The van der Waals surface area contributed by atoms with E-state index < -0.39 is 0 Å². The maximum Gasteiger partial charge on any atom is 0.251 e. The summed E-state index contributed by atoms with van der Waals surface area (Å²) in [5.74, 6) is 0.519. The zero-order chi connectivity index (χ0) is 13.1. The fraction of sp³-hybridized carbons (Fsp3) is 0.538. The molecule has 3 N–H and O–H groups in total. The molecule has 18 heavy (non-hydrogen) atoms. The van der Waals surface area contributed by atoms with Crippen LogP contribution in [-0.4, -0.2) is 30.1 Å². The van der Waals surface area contributed by atoms with Crippen molar-refractivity contribution in [3.63, 3.8) is 0 Å².